The monoisotopic (exact) mass is 439 g/mol. The molecule has 0 spiro atoms. The Hall–Kier alpha value is -2.02. The van der Waals surface area contributed by atoms with Crippen molar-refractivity contribution in [1.29, 1.82) is 0 Å². The molecule has 0 unspecified atom stereocenters. The number of aliphatic hydroxyl groups is 1. The van der Waals surface area contributed by atoms with Crippen molar-refractivity contribution in [3.05, 3.63) is 63.1 Å². The van der Waals surface area contributed by atoms with Crippen molar-refractivity contribution < 1.29 is 19.4 Å². The van der Waals surface area contributed by atoms with E-state index in [9.17, 15) is 4.79 Å². The van der Waals surface area contributed by atoms with E-state index in [4.69, 9.17) is 26.2 Å². The van der Waals surface area contributed by atoms with E-state index in [2.05, 4.69) is 21.2 Å². The van der Waals surface area contributed by atoms with Gasteiger partial charge in [-0.1, -0.05) is 29.8 Å². The smallest absolute Gasteiger partial charge is 0.244 e. The number of halogens is 2. The van der Waals surface area contributed by atoms with Crippen molar-refractivity contribution in [2.75, 3.05) is 20.3 Å². The maximum absolute atomic E-state index is 11.6. The van der Waals surface area contributed by atoms with Crippen LogP contribution in [0, 0.1) is 0 Å². The normalized spacial score (nSPS) is 10.8. The molecule has 2 aromatic rings. The highest BCUT2D eigenvalue weighted by Gasteiger charge is 2.12. The first-order valence-corrected chi connectivity index (χ1v) is 9.02. The predicted molar refractivity (Wildman–Crippen MR) is 106 cm³/mol. The van der Waals surface area contributed by atoms with Gasteiger partial charge in [0.15, 0.2) is 11.5 Å². The predicted octanol–water partition coefficient (Wildman–Crippen LogP) is 3.81. The molecule has 2 rings (SSSR count). The lowest BCUT2D eigenvalue weighted by Gasteiger charge is -2.14. The Labute approximate surface area is 165 Å². The second kappa shape index (κ2) is 10.2. The number of carbonyl (C=O) groups excluding carboxylic acids is 1. The fourth-order valence-corrected chi connectivity index (χ4v) is 2.92. The van der Waals surface area contributed by atoms with E-state index < -0.39 is 0 Å². The van der Waals surface area contributed by atoms with E-state index in [1.165, 1.54) is 6.08 Å². The van der Waals surface area contributed by atoms with Crippen molar-refractivity contribution in [3.63, 3.8) is 0 Å². The number of amides is 1. The van der Waals surface area contributed by atoms with Crippen molar-refractivity contribution in [1.82, 2.24) is 5.32 Å². The number of hydrogen-bond donors (Lipinski definition) is 2. The molecule has 1 amide bonds. The third kappa shape index (κ3) is 5.76. The van der Waals surface area contributed by atoms with E-state index in [0.29, 0.717) is 27.6 Å². The molecule has 0 saturated carbocycles. The molecule has 0 aliphatic rings. The Morgan fingerprint density at radius 1 is 1.35 bits per heavy atom. The van der Waals surface area contributed by atoms with Crippen LogP contribution in [0.15, 0.2) is 46.9 Å². The molecule has 0 aliphatic heterocycles. The average molecular weight is 441 g/mol. The van der Waals surface area contributed by atoms with Gasteiger partial charge in [0, 0.05) is 23.2 Å². The number of methoxy groups -OCH3 is 1. The minimum absolute atomic E-state index is 0.101. The molecule has 0 bridgehead atoms. The summed E-state index contributed by atoms with van der Waals surface area (Å²) in [5.74, 6) is 0.796. The third-order valence-corrected chi connectivity index (χ3v) is 4.38. The van der Waals surface area contributed by atoms with Gasteiger partial charge in [0.05, 0.1) is 18.2 Å². The molecule has 0 aromatic heterocycles. The maximum atomic E-state index is 11.6. The third-order valence-electron chi connectivity index (χ3n) is 3.42. The summed E-state index contributed by atoms with van der Waals surface area (Å²) in [7, 11) is 1.55. The van der Waals surface area contributed by atoms with Gasteiger partial charge in [-0.3, -0.25) is 4.79 Å². The van der Waals surface area contributed by atoms with Crippen LogP contribution in [-0.2, 0) is 11.4 Å². The topological polar surface area (TPSA) is 67.8 Å². The van der Waals surface area contributed by atoms with Crippen LogP contribution in [0.3, 0.4) is 0 Å². The lowest BCUT2D eigenvalue weighted by Crippen LogP contribution is -2.24. The fourth-order valence-electron chi connectivity index (χ4n) is 2.15. The standard InChI is InChI=1S/C19H19BrClNO4/c1-25-17-11-13(6-7-18(24)22-8-9-23)10-15(20)19(17)26-12-14-4-2-3-5-16(14)21/h2-7,10-11,23H,8-9,12H2,1H3,(H,22,24)/b7-6+. The van der Waals surface area contributed by atoms with Crippen LogP contribution in [0.4, 0.5) is 0 Å². The summed E-state index contributed by atoms with van der Waals surface area (Å²) in [6.45, 7) is 0.412. The number of hydrogen-bond acceptors (Lipinski definition) is 4. The van der Waals surface area contributed by atoms with Crippen LogP contribution >= 0.6 is 27.5 Å². The molecule has 2 aromatic carbocycles. The maximum Gasteiger partial charge on any atom is 0.244 e. The molecule has 0 atom stereocenters. The van der Waals surface area contributed by atoms with Gasteiger partial charge in [0.1, 0.15) is 6.61 Å². The molecular weight excluding hydrogens is 422 g/mol. The molecule has 0 radical (unpaired) electrons. The van der Waals surface area contributed by atoms with E-state index >= 15 is 0 Å². The van der Waals surface area contributed by atoms with Gasteiger partial charge in [-0.2, -0.15) is 0 Å². The SMILES string of the molecule is COc1cc(/C=C/C(=O)NCCO)cc(Br)c1OCc1ccccc1Cl. The van der Waals surface area contributed by atoms with Crippen LogP contribution in [0.25, 0.3) is 6.08 Å². The number of rotatable bonds is 8. The molecule has 0 aliphatic carbocycles. The highest BCUT2D eigenvalue weighted by molar-refractivity contribution is 9.10. The minimum Gasteiger partial charge on any atom is -0.493 e. The first-order valence-electron chi connectivity index (χ1n) is 7.85. The van der Waals surface area contributed by atoms with Crippen LogP contribution < -0.4 is 14.8 Å². The quantitative estimate of drug-likeness (QED) is 0.613. The molecular formula is C19H19BrClNO4. The Bertz CT molecular complexity index is 795. The first kappa shape index (κ1) is 20.3. The molecule has 2 N–H and O–H groups in total. The van der Waals surface area contributed by atoms with Gasteiger partial charge in [-0.05, 0) is 45.8 Å². The molecule has 7 heteroatoms. The summed E-state index contributed by atoms with van der Waals surface area (Å²) in [6.07, 6.45) is 3.04. The van der Waals surface area contributed by atoms with Gasteiger partial charge in [0.2, 0.25) is 5.91 Å². The van der Waals surface area contributed by atoms with Crippen molar-refractivity contribution in [2.24, 2.45) is 0 Å². The number of ether oxygens (including phenoxy) is 2. The average Bonchev–Trinajstić information content (AvgIpc) is 2.64. The van der Waals surface area contributed by atoms with Crippen LogP contribution in [0.5, 0.6) is 11.5 Å². The summed E-state index contributed by atoms with van der Waals surface area (Å²) < 4.78 is 12.0. The zero-order valence-corrected chi connectivity index (χ0v) is 16.5. The Balaban J connectivity index is 2.14. The zero-order valence-electron chi connectivity index (χ0n) is 14.2. The van der Waals surface area contributed by atoms with E-state index in [1.807, 2.05) is 30.3 Å². The molecule has 0 saturated heterocycles. The highest BCUT2D eigenvalue weighted by Crippen LogP contribution is 2.37. The van der Waals surface area contributed by atoms with Gasteiger partial charge in [-0.25, -0.2) is 0 Å². The summed E-state index contributed by atoms with van der Waals surface area (Å²) in [5, 5.41) is 11.9. The van der Waals surface area contributed by atoms with E-state index in [1.54, 1.807) is 19.3 Å². The minimum atomic E-state index is -0.284. The Kier molecular flexibility index (Phi) is 7.97. The number of nitrogens with one attached hydrogen (secondary N) is 1. The Morgan fingerprint density at radius 2 is 2.12 bits per heavy atom. The number of aliphatic hydroxyl groups excluding tert-OH is 1. The largest absolute Gasteiger partial charge is 0.493 e. The molecule has 26 heavy (non-hydrogen) atoms. The summed E-state index contributed by atoms with van der Waals surface area (Å²) >= 11 is 9.62. The molecule has 5 nitrogen and oxygen atoms in total. The van der Waals surface area contributed by atoms with Crippen molar-refractivity contribution in [2.45, 2.75) is 6.61 Å². The van der Waals surface area contributed by atoms with E-state index in [0.717, 1.165) is 11.1 Å². The highest BCUT2D eigenvalue weighted by atomic mass is 79.9. The van der Waals surface area contributed by atoms with Crippen LogP contribution in [0.2, 0.25) is 5.02 Å². The fraction of sp³-hybridized carbons (Fsp3) is 0.211. The second-order valence-corrected chi connectivity index (χ2v) is 6.52. The molecule has 0 fully saturated rings. The summed E-state index contributed by atoms with van der Waals surface area (Å²) in [6, 6.07) is 11.0. The van der Waals surface area contributed by atoms with E-state index in [-0.39, 0.29) is 19.1 Å². The van der Waals surface area contributed by atoms with Gasteiger partial charge in [-0.15, -0.1) is 0 Å². The second-order valence-electron chi connectivity index (χ2n) is 5.26. The molecule has 138 valence electrons. The molecule has 0 heterocycles. The van der Waals surface area contributed by atoms with Crippen LogP contribution in [0.1, 0.15) is 11.1 Å². The first-order chi connectivity index (χ1) is 12.5. The van der Waals surface area contributed by atoms with Crippen LogP contribution in [-0.4, -0.2) is 31.3 Å². The van der Waals surface area contributed by atoms with Crippen molar-refractivity contribution >= 4 is 39.5 Å². The summed E-state index contributed by atoms with van der Waals surface area (Å²) in [5.41, 5.74) is 1.63. The number of carbonyl (C=O) groups is 1. The van der Waals surface area contributed by atoms with Crippen molar-refractivity contribution in [3.8, 4) is 11.5 Å². The zero-order chi connectivity index (χ0) is 18.9. The van der Waals surface area contributed by atoms with Gasteiger partial charge in [0.25, 0.3) is 0 Å². The number of benzene rings is 2. The lowest BCUT2D eigenvalue weighted by atomic mass is 10.2. The van der Waals surface area contributed by atoms with Gasteiger partial charge < -0.3 is 19.9 Å². The lowest BCUT2D eigenvalue weighted by molar-refractivity contribution is -0.116. The Morgan fingerprint density at radius 3 is 2.81 bits per heavy atom. The van der Waals surface area contributed by atoms with Gasteiger partial charge >= 0.3 is 0 Å². The summed E-state index contributed by atoms with van der Waals surface area (Å²) in [4.78, 5) is 11.6.